The first-order valence-corrected chi connectivity index (χ1v) is 7.95. The molecule has 0 aliphatic heterocycles. The van der Waals surface area contributed by atoms with E-state index in [1.165, 1.54) is 0 Å². The number of phenols is 1. The highest BCUT2D eigenvalue weighted by Gasteiger charge is 2.12. The van der Waals surface area contributed by atoms with Crippen LogP contribution in [0.15, 0.2) is 46.9 Å². The van der Waals surface area contributed by atoms with Crippen LogP contribution in [0.25, 0.3) is 0 Å². The topological polar surface area (TPSA) is 55.5 Å². The van der Waals surface area contributed by atoms with Crippen LogP contribution >= 0.6 is 0 Å². The van der Waals surface area contributed by atoms with E-state index in [2.05, 4.69) is 4.98 Å². The highest BCUT2D eigenvalue weighted by Crippen LogP contribution is 2.25. The first-order chi connectivity index (χ1) is 11.5. The largest absolute Gasteiger partial charge is 0.507 e. The fourth-order valence-corrected chi connectivity index (χ4v) is 2.69. The van der Waals surface area contributed by atoms with E-state index in [1.807, 2.05) is 63.2 Å². The van der Waals surface area contributed by atoms with E-state index in [0.717, 1.165) is 33.9 Å². The predicted octanol–water partition coefficient (Wildman–Crippen LogP) is 4.48. The van der Waals surface area contributed by atoms with Crippen molar-refractivity contribution in [2.45, 2.75) is 33.8 Å². The summed E-state index contributed by atoms with van der Waals surface area (Å²) in [7, 11) is 0. The maximum absolute atomic E-state index is 9.87. The molecule has 0 amide bonds. The Morgan fingerprint density at radius 1 is 1.04 bits per heavy atom. The summed E-state index contributed by atoms with van der Waals surface area (Å²) in [5.74, 6) is 2.59. The Balaban J connectivity index is 1.72. The zero-order chi connectivity index (χ0) is 17.1. The second-order valence-corrected chi connectivity index (χ2v) is 5.97. The van der Waals surface area contributed by atoms with Crippen molar-refractivity contribution in [2.75, 3.05) is 0 Å². The summed E-state index contributed by atoms with van der Waals surface area (Å²) in [5.41, 5.74) is 3.60. The number of aryl methyl sites for hydroxylation is 3. The van der Waals surface area contributed by atoms with E-state index in [4.69, 9.17) is 9.15 Å². The number of benzene rings is 2. The number of aromatic nitrogens is 1. The fourth-order valence-electron chi connectivity index (χ4n) is 2.69. The van der Waals surface area contributed by atoms with Crippen molar-refractivity contribution in [3.63, 3.8) is 0 Å². The molecule has 2 aromatic carbocycles. The van der Waals surface area contributed by atoms with Gasteiger partial charge in [-0.15, -0.1) is 0 Å². The summed E-state index contributed by atoms with van der Waals surface area (Å²) in [6.45, 7) is 6.07. The smallest absolute Gasteiger partial charge is 0.199 e. The van der Waals surface area contributed by atoms with Crippen LogP contribution in [0.1, 0.15) is 34.0 Å². The van der Waals surface area contributed by atoms with Gasteiger partial charge in [-0.1, -0.05) is 30.3 Å². The van der Waals surface area contributed by atoms with Gasteiger partial charge in [0.25, 0.3) is 0 Å². The summed E-state index contributed by atoms with van der Waals surface area (Å²) in [4.78, 5) is 4.55. The Morgan fingerprint density at radius 3 is 2.38 bits per heavy atom. The molecule has 4 heteroatoms. The van der Waals surface area contributed by atoms with Gasteiger partial charge in [0.1, 0.15) is 29.6 Å². The Morgan fingerprint density at radius 2 is 1.71 bits per heavy atom. The van der Waals surface area contributed by atoms with Gasteiger partial charge in [0.15, 0.2) is 5.89 Å². The second kappa shape index (κ2) is 6.79. The molecule has 1 aromatic heterocycles. The quantitative estimate of drug-likeness (QED) is 0.752. The standard InChI is InChI=1S/C20H21NO3/c1-13-9-16(10-14(2)20(13)22)11-19-21-18(15(3)24-19)12-23-17-7-5-4-6-8-17/h4-10,22H,11-12H2,1-3H3. The van der Waals surface area contributed by atoms with Crippen LogP contribution in [0, 0.1) is 20.8 Å². The van der Waals surface area contributed by atoms with E-state index >= 15 is 0 Å². The van der Waals surface area contributed by atoms with Gasteiger partial charge in [-0.05, 0) is 49.6 Å². The van der Waals surface area contributed by atoms with Gasteiger partial charge in [-0.25, -0.2) is 4.98 Å². The zero-order valence-corrected chi connectivity index (χ0v) is 14.2. The van der Waals surface area contributed by atoms with Gasteiger partial charge in [-0.2, -0.15) is 0 Å². The lowest BCUT2D eigenvalue weighted by Crippen LogP contribution is -1.98. The fraction of sp³-hybridized carbons (Fsp3) is 0.250. The third-order valence-corrected chi connectivity index (χ3v) is 3.96. The maximum atomic E-state index is 9.87. The third-order valence-electron chi connectivity index (χ3n) is 3.96. The van der Waals surface area contributed by atoms with Crippen LogP contribution in [0.2, 0.25) is 0 Å². The van der Waals surface area contributed by atoms with Gasteiger partial charge >= 0.3 is 0 Å². The van der Waals surface area contributed by atoms with Crippen molar-refractivity contribution in [3.05, 3.63) is 76.5 Å². The van der Waals surface area contributed by atoms with Crippen LogP contribution in [-0.4, -0.2) is 10.1 Å². The molecule has 0 atom stereocenters. The Labute approximate surface area is 141 Å². The molecule has 0 spiro atoms. The molecular weight excluding hydrogens is 302 g/mol. The summed E-state index contributed by atoms with van der Waals surface area (Å²) in [6.07, 6.45) is 0.591. The Kier molecular flexibility index (Phi) is 4.56. The molecular formula is C20H21NO3. The Hall–Kier alpha value is -2.75. The summed E-state index contributed by atoms with van der Waals surface area (Å²) >= 11 is 0. The maximum Gasteiger partial charge on any atom is 0.199 e. The van der Waals surface area contributed by atoms with Crippen molar-refractivity contribution in [1.29, 1.82) is 0 Å². The summed E-state index contributed by atoms with van der Waals surface area (Å²) in [5, 5.41) is 9.87. The van der Waals surface area contributed by atoms with Crippen LogP contribution in [-0.2, 0) is 13.0 Å². The summed E-state index contributed by atoms with van der Waals surface area (Å²) in [6, 6.07) is 13.6. The molecule has 0 saturated heterocycles. The molecule has 0 unspecified atom stereocenters. The van der Waals surface area contributed by atoms with Crippen molar-refractivity contribution in [1.82, 2.24) is 4.98 Å². The SMILES string of the molecule is Cc1cc(Cc2nc(COc3ccccc3)c(C)o2)cc(C)c1O. The van der Waals surface area contributed by atoms with Gasteiger partial charge in [0.2, 0.25) is 0 Å². The molecule has 1 heterocycles. The number of ether oxygens (including phenoxy) is 1. The number of nitrogens with zero attached hydrogens (tertiary/aromatic N) is 1. The average molecular weight is 323 g/mol. The molecule has 24 heavy (non-hydrogen) atoms. The molecule has 0 radical (unpaired) electrons. The van der Waals surface area contributed by atoms with Crippen molar-refractivity contribution in [3.8, 4) is 11.5 Å². The molecule has 0 bridgehead atoms. The lowest BCUT2D eigenvalue weighted by atomic mass is 10.0. The van der Waals surface area contributed by atoms with Crippen LogP contribution in [0.5, 0.6) is 11.5 Å². The normalized spacial score (nSPS) is 10.8. The molecule has 0 saturated carbocycles. The van der Waals surface area contributed by atoms with Gasteiger partial charge in [-0.3, -0.25) is 0 Å². The molecule has 0 aliphatic rings. The molecule has 3 rings (SSSR count). The molecule has 4 nitrogen and oxygen atoms in total. The molecule has 124 valence electrons. The minimum atomic E-state index is 0.347. The van der Waals surface area contributed by atoms with E-state index in [9.17, 15) is 5.11 Å². The minimum Gasteiger partial charge on any atom is -0.507 e. The van der Waals surface area contributed by atoms with Crippen molar-refractivity contribution < 1.29 is 14.3 Å². The average Bonchev–Trinajstić information content (AvgIpc) is 2.91. The third kappa shape index (κ3) is 3.59. The molecule has 3 aromatic rings. The van der Waals surface area contributed by atoms with E-state index < -0.39 is 0 Å². The highest BCUT2D eigenvalue weighted by atomic mass is 16.5. The van der Waals surface area contributed by atoms with E-state index in [0.29, 0.717) is 24.7 Å². The first kappa shape index (κ1) is 16.1. The number of oxazole rings is 1. The number of rotatable bonds is 5. The number of aromatic hydroxyl groups is 1. The van der Waals surface area contributed by atoms with Gasteiger partial charge in [0, 0.05) is 6.42 Å². The minimum absolute atomic E-state index is 0.347. The molecule has 0 aliphatic carbocycles. The monoisotopic (exact) mass is 323 g/mol. The number of phenolic OH excluding ortho intramolecular Hbond substituents is 1. The second-order valence-electron chi connectivity index (χ2n) is 5.97. The molecule has 0 fully saturated rings. The highest BCUT2D eigenvalue weighted by molar-refractivity contribution is 5.42. The van der Waals surface area contributed by atoms with E-state index in [-0.39, 0.29) is 0 Å². The van der Waals surface area contributed by atoms with Gasteiger partial charge in [0.05, 0.1) is 0 Å². The van der Waals surface area contributed by atoms with E-state index in [1.54, 1.807) is 0 Å². The van der Waals surface area contributed by atoms with Crippen LogP contribution in [0.3, 0.4) is 0 Å². The number of para-hydroxylation sites is 1. The van der Waals surface area contributed by atoms with Gasteiger partial charge < -0.3 is 14.3 Å². The van der Waals surface area contributed by atoms with Crippen LogP contribution < -0.4 is 4.74 Å². The Bertz CT molecular complexity index is 814. The first-order valence-electron chi connectivity index (χ1n) is 7.95. The number of hydrogen-bond donors (Lipinski definition) is 1. The summed E-state index contributed by atoms with van der Waals surface area (Å²) < 4.78 is 11.5. The van der Waals surface area contributed by atoms with Crippen molar-refractivity contribution >= 4 is 0 Å². The zero-order valence-electron chi connectivity index (χ0n) is 14.2. The van der Waals surface area contributed by atoms with Crippen LogP contribution in [0.4, 0.5) is 0 Å². The number of hydrogen-bond acceptors (Lipinski definition) is 4. The lowest BCUT2D eigenvalue weighted by Gasteiger charge is -2.06. The van der Waals surface area contributed by atoms with Crippen molar-refractivity contribution in [2.24, 2.45) is 0 Å². The molecule has 1 N–H and O–H groups in total. The lowest BCUT2D eigenvalue weighted by molar-refractivity contribution is 0.299. The predicted molar refractivity (Wildman–Crippen MR) is 92.4 cm³/mol.